The molecule has 1 heterocycles. The summed E-state index contributed by atoms with van der Waals surface area (Å²) >= 11 is 0. The minimum atomic E-state index is -0.278. The Morgan fingerprint density at radius 1 is 1.29 bits per heavy atom. The van der Waals surface area contributed by atoms with Crippen molar-refractivity contribution < 1.29 is 9.53 Å². The standard InChI is InChI=1S/C13H14N2O2/c1-15(2)13-14-12(11(8-16)9-17-13)10-6-4-3-5-7-10/h3-9,12H,1-2H3. The van der Waals surface area contributed by atoms with Crippen LogP contribution >= 0.6 is 0 Å². The third kappa shape index (κ3) is 2.36. The number of rotatable bonds is 2. The van der Waals surface area contributed by atoms with E-state index in [0.29, 0.717) is 11.6 Å². The van der Waals surface area contributed by atoms with E-state index in [0.717, 1.165) is 11.8 Å². The molecule has 2 rings (SSSR count). The Balaban J connectivity index is 2.37. The molecule has 1 aliphatic rings. The summed E-state index contributed by atoms with van der Waals surface area (Å²) in [4.78, 5) is 17.2. The maximum atomic E-state index is 11.0. The number of benzene rings is 1. The van der Waals surface area contributed by atoms with Gasteiger partial charge in [0.05, 0.1) is 5.57 Å². The second kappa shape index (κ2) is 4.82. The van der Waals surface area contributed by atoms with Gasteiger partial charge < -0.3 is 9.64 Å². The number of hydrogen-bond acceptors (Lipinski definition) is 4. The first-order valence-corrected chi connectivity index (χ1v) is 5.34. The zero-order chi connectivity index (χ0) is 12.3. The summed E-state index contributed by atoms with van der Waals surface area (Å²) < 4.78 is 5.28. The third-order valence-electron chi connectivity index (χ3n) is 2.49. The van der Waals surface area contributed by atoms with Crippen LogP contribution in [-0.4, -0.2) is 31.3 Å². The van der Waals surface area contributed by atoms with Crippen molar-refractivity contribution in [1.82, 2.24) is 4.90 Å². The molecule has 0 aromatic heterocycles. The van der Waals surface area contributed by atoms with Crippen molar-refractivity contribution in [3.05, 3.63) is 47.7 Å². The molecule has 0 spiro atoms. The molecular formula is C13H14N2O2. The van der Waals surface area contributed by atoms with Crippen molar-refractivity contribution in [3.63, 3.8) is 0 Å². The average molecular weight is 230 g/mol. The first kappa shape index (κ1) is 11.4. The SMILES string of the molecule is CN(C)C1=NC(c2ccccc2)C(C=O)=CO1. The van der Waals surface area contributed by atoms with E-state index in [1.165, 1.54) is 6.26 Å². The Kier molecular flexibility index (Phi) is 3.23. The molecule has 0 amide bonds. The van der Waals surface area contributed by atoms with E-state index in [-0.39, 0.29) is 6.04 Å². The van der Waals surface area contributed by atoms with Crippen LogP contribution in [0.5, 0.6) is 0 Å². The first-order chi connectivity index (χ1) is 8.22. The highest BCUT2D eigenvalue weighted by Gasteiger charge is 2.22. The largest absolute Gasteiger partial charge is 0.433 e. The van der Waals surface area contributed by atoms with Gasteiger partial charge in [0.15, 0.2) is 6.29 Å². The maximum Gasteiger partial charge on any atom is 0.292 e. The highest BCUT2D eigenvalue weighted by Crippen LogP contribution is 2.27. The number of amidine groups is 1. The van der Waals surface area contributed by atoms with Crippen LogP contribution in [0.1, 0.15) is 11.6 Å². The lowest BCUT2D eigenvalue weighted by Gasteiger charge is -2.23. The van der Waals surface area contributed by atoms with Crippen molar-refractivity contribution >= 4 is 12.3 Å². The lowest BCUT2D eigenvalue weighted by Crippen LogP contribution is -2.27. The van der Waals surface area contributed by atoms with E-state index in [1.54, 1.807) is 4.90 Å². The highest BCUT2D eigenvalue weighted by atomic mass is 16.5. The summed E-state index contributed by atoms with van der Waals surface area (Å²) in [6, 6.07) is 9.91. The van der Waals surface area contributed by atoms with Crippen LogP contribution in [0.4, 0.5) is 0 Å². The van der Waals surface area contributed by atoms with Gasteiger partial charge in [-0.05, 0) is 5.56 Å². The number of nitrogens with zero attached hydrogens (tertiary/aromatic N) is 2. The third-order valence-corrected chi connectivity index (χ3v) is 2.49. The van der Waals surface area contributed by atoms with Gasteiger partial charge in [0, 0.05) is 14.1 Å². The van der Waals surface area contributed by atoms with Crippen molar-refractivity contribution in [2.75, 3.05) is 14.1 Å². The summed E-state index contributed by atoms with van der Waals surface area (Å²) in [6.45, 7) is 0. The van der Waals surface area contributed by atoms with Crippen LogP contribution in [0.2, 0.25) is 0 Å². The smallest absolute Gasteiger partial charge is 0.292 e. The first-order valence-electron chi connectivity index (χ1n) is 5.34. The van der Waals surface area contributed by atoms with Crippen molar-refractivity contribution in [1.29, 1.82) is 0 Å². The zero-order valence-corrected chi connectivity index (χ0v) is 9.83. The van der Waals surface area contributed by atoms with Crippen LogP contribution in [0.15, 0.2) is 47.2 Å². The van der Waals surface area contributed by atoms with Crippen LogP contribution in [0, 0.1) is 0 Å². The molecule has 0 radical (unpaired) electrons. The summed E-state index contributed by atoms with van der Waals surface area (Å²) in [5.41, 5.74) is 1.51. The fourth-order valence-corrected chi connectivity index (χ4v) is 1.62. The van der Waals surface area contributed by atoms with Gasteiger partial charge in [-0.1, -0.05) is 30.3 Å². The normalized spacial score (nSPS) is 18.8. The summed E-state index contributed by atoms with van der Waals surface area (Å²) in [7, 11) is 3.70. The van der Waals surface area contributed by atoms with Gasteiger partial charge in [0.25, 0.3) is 6.02 Å². The molecule has 1 unspecified atom stereocenters. The monoisotopic (exact) mass is 230 g/mol. The Labute approximate surface area is 100 Å². The number of carbonyl (C=O) groups excluding carboxylic acids is 1. The molecule has 0 saturated heterocycles. The van der Waals surface area contributed by atoms with Crippen LogP contribution < -0.4 is 0 Å². The predicted octanol–water partition coefficient (Wildman–Crippen LogP) is 1.76. The van der Waals surface area contributed by atoms with E-state index in [9.17, 15) is 4.79 Å². The minimum absolute atomic E-state index is 0.278. The van der Waals surface area contributed by atoms with Crippen LogP contribution in [-0.2, 0) is 9.53 Å². The van der Waals surface area contributed by atoms with E-state index in [2.05, 4.69) is 4.99 Å². The molecule has 0 fully saturated rings. The van der Waals surface area contributed by atoms with Gasteiger partial charge in [-0.25, -0.2) is 4.99 Å². The number of ether oxygens (including phenoxy) is 1. The number of aldehydes is 1. The van der Waals surface area contributed by atoms with Crippen molar-refractivity contribution in [3.8, 4) is 0 Å². The zero-order valence-electron chi connectivity index (χ0n) is 9.83. The molecule has 1 aromatic rings. The van der Waals surface area contributed by atoms with E-state index < -0.39 is 0 Å². The van der Waals surface area contributed by atoms with Gasteiger partial charge in [0.1, 0.15) is 12.3 Å². The van der Waals surface area contributed by atoms with Gasteiger partial charge in [-0.15, -0.1) is 0 Å². The topological polar surface area (TPSA) is 41.9 Å². The van der Waals surface area contributed by atoms with E-state index in [1.807, 2.05) is 44.4 Å². The quantitative estimate of drug-likeness (QED) is 0.727. The second-order valence-electron chi connectivity index (χ2n) is 3.97. The molecule has 0 saturated carbocycles. The number of hydrogen-bond donors (Lipinski definition) is 0. The summed E-state index contributed by atoms with van der Waals surface area (Å²) in [5, 5.41) is 0. The maximum absolute atomic E-state index is 11.0. The highest BCUT2D eigenvalue weighted by molar-refractivity contribution is 5.82. The van der Waals surface area contributed by atoms with E-state index >= 15 is 0 Å². The van der Waals surface area contributed by atoms with Gasteiger partial charge in [-0.3, -0.25) is 4.79 Å². The molecule has 0 N–H and O–H groups in total. The van der Waals surface area contributed by atoms with Gasteiger partial charge >= 0.3 is 0 Å². The van der Waals surface area contributed by atoms with Crippen LogP contribution in [0.25, 0.3) is 0 Å². The lowest BCUT2D eigenvalue weighted by atomic mass is 10.0. The minimum Gasteiger partial charge on any atom is -0.433 e. The molecule has 0 aliphatic carbocycles. The van der Waals surface area contributed by atoms with Gasteiger partial charge in [-0.2, -0.15) is 0 Å². The van der Waals surface area contributed by atoms with Crippen molar-refractivity contribution in [2.24, 2.45) is 4.99 Å². The molecule has 17 heavy (non-hydrogen) atoms. The Morgan fingerprint density at radius 2 is 2.00 bits per heavy atom. The van der Waals surface area contributed by atoms with Crippen LogP contribution in [0.3, 0.4) is 0 Å². The Hall–Kier alpha value is -2.10. The molecule has 4 nitrogen and oxygen atoms in total. The van der Waals surface area contributed by atoms with Crippen molar-refractivity contribution in [2.45, 2.75) is 6.04 Å². The fourth-order valence-electron chi connectivity index (χ4n) is 1.62. The molecule has 88 valence electrons. The molecule has 0 bridgehead atoms. The number of aliphatic imine (C=N–C) groups is 1. The Morgan fingerprint density at radius 3 is 2.59 bits per heavy atom. The number of carbonyl (C=O) groups is 1. The Bertz CT molecular complexity index is 464. The lowest BCUT2D eigenvalue weighted by molar-refractivity contribution is -0.105. The predicted molar refractivity (Wildman–Crippen MR) is 65.5 cm³/mol. The molecular weight excluding hydrogens is 216 g/mol. The second-order valence-corrected chi connectivity index (χ2v) is 3.97. The molecule has 1 aliphatic heterocycles. The van der Waals surface area contributed by atoms with Gasteiger partial charge in [0.2, 0.25) is 0 Å². The summed E-state index contributed by atoms with van der Waals surface area (Å²) in [5.74, 6) is 0. The average Bonchev–Trinajstić information content (AvgIpc) is 2.39. The molecule has 4 heteroatoms. The fraction of sp³-hybridized carbons (Fsp3) is 0.231. The molecule has 1 aromatic carbocycles. The van der Waals surface area contributed by atoms with E-state index in [4.69, 9.17) is 4.74 Å². The molecule has 1 atom stereocenters. The summed E-state index contributed by atoms with van der Waals surface area (Å²) in [6.07, 6.45) is 2.25.